The van der Waals surface area contributed by atoms with Crippen molar-refractivity contribution < 1.29 is 9.18 Å². The van der Waals surface area contributed by atoms with Crippen molar-refractivity contribution in [1.29, 1.82) is 0 Å². The maximum Gasteiger partial charge on any atom is 0.228 e. The molecule has 0 aliphatic heterocycles. The lowest BCUT2D eigenvalue weighted by atomic mass is 10.1. The summed E-state index contributed by atoms with van der Waals surface area (Å²) in [4.78, 5) is 11.8. The minimum Gasteiger partial charge on any atom is -0.399 e. The zero-order valence-corrected chi connectivity index (χ0v) is 10.6. The minimum atomic E-state index is -0.430. The molecular formula is C15H15FN2O. The van der Waals surface area contributed by atoms with Gasteiger partial charge in [-0.25, -0.2) is 4.39 Å². The number of amides is 1. The van der Waals surface area contributed by atoms with Gasteiger partial charge in [0.2, 0.25) is 5.91 Å². The summed E-state index contributed by atoms with van der Waals surface area (Å²) < 4.78 is 13.6. The van der Waals surface area contributed by atoms with Crippen molar-refractivity contribution in [2.45, 2.75) is 13.3 Å². The van der Waals surface area contributed by atoms with Crippen LogP contribution in [0.4, 0.5) is 15.8 Å². The van der Waals surface area contributed by atoms with E-state index in [-0.39, 0.29) is 18.0 Å². The molecule has 0 aromatic heterocycles. The van der Waals surface area contributed by atoms with Gasteiger partial charge in [0.15, 0.2) is 0 Å². The molecule has 0 radical (unpaired) electrons. The molecule has 0 aliphatic carbocycles. The van der Waals surface area contributed by atoms with E-state index < -0.39 is 5.82 Å². The molecule has 0 heterocycles. The standard InChI is InChI=1S/C15H15FN2O/c1-10-5-6-14(13(16)7-10)18-15(19)9-11-3-2-4-12(17)8-11/h2-8H,9,17H2,1H3,(H,18,19). The molecule has 4 heteroatoms. The molecule has 2 aromatic rings. The van der Waals surface area contributed by atoms with Gasteiger partial charge in [0.05, 0.1) is 12.1 Å². The van der Waals surface area contributed by atoms with Gasteiger partial charge in [-0.1, -0.05) is 18.2 Å². The number of anilines is 2. The highest BCUT2D eigenvalue weighted by Gasteiger charge is 2.08. The van der Waals surface area contributed by atoms with Crippen LogP contribution in [-0.4, -0.2) is 5.91 Å². The molecule has 98 valence electrons. The SMILES string of the molecule is Cc1ccc(NC(=O)Cc2cccc(N)c2)c(F)c1. The fourth-order valence-electron chi connectivity index (χ4n) is 1.80. The van der Waals surface area contributed by atoms with Crippen LogP contribution < -0.4 is 11.1 Å². The van der Waals surface area contributed by atoms with Crippen LogP contribution in [0.2, 0.25) is 0 Å². The fourth-order valence-corrected chi connectivity index (χ4v) is 1.80. The normalized spacial score (nSPS) is 10.2. The van der Waals surface area contributed by atoms with Gasteiger partial charge in [0.1, 0.15) is 5.82 Å². The molecule has 0 fully saturated rings. The molecule has 0 atom stereocenters. The number of carbonyl (C=O) groups excluding carboxylic acids is 1. The third-order valence-corrected chi connectivity index (χ3v) is 2.71. The minimum absolute atomic E-state index is 0.165. The lowest BCUT2D eigenvalue weighted by molar-refractivity contribution is -0.115. The summed E-state index contributed by atoms with van der Waals surface area (Å²) >= 11 is 0. The second-order valence-corrected chi connectivity index (χ2v) is 4.45. The number of nitrogen functional groups attached to an aromatic ring is 1. The number of nitrogens with one attached hydrogen (secondary N) is 1. The second kappa shape index (κ2) is 5.52. The average Bonchev–Trinajstić information content (AvgIpc) is 2.33. The molecule has 0 saturated heterocycles. The van der Waals surface area contributed by atoms with E-state index in [2.05, 4.69) is 5.32 Å². The van der Waals surface area contributed by atoms with Crippen molar-refractivity contribution in [1.82, 2.24) is 0 Å². The van der Waals surface area contributed by atoms with Gasteiger partial charge in [0.25, 0.3) is 0 Å². The molecule has 0 spiro atoms. The molecule has 0 bridgehead atoms. The van der Waals surface area contributed by atoms with Crippen molar-refractivity contribution in [3.05, 3.63) is 59.4 Å². The van der Waals surface area contributed by atoms with Gasteiger partial charge in [-0.3, -0.25) is 4.79 Å². The predicted molar refractivity (Wildman–Crippen MR) is 74.3 cm³/mol. The highest BCUT2D eigenvalue weighted by molar-refractivity contribution is 5.92. The smallest absolute Gasteiger partial charge is 0.228 e. The van der Waals surface area contributed by atoms with Crippen LogP contribution in [0, 0.1) is 12.7 Å². The first-order chi connectivity index (χ1) is 9.04. The molecule has 0 aliphatic rings. The largest absolute Gasteiger partial charge is 0.399 e. The van der Waals surface area contributed by atoms with E-state index in [1.165, 1.54) is 6.07 Å². The Bertz CT molecular complexity index is 611. The summed E-state index contributed by atoms with van der Waals surface area (Å²) in [5.74, 6) is -0.700. The maximum atomic E-state index is 13.6. The molecule has 0 saturated carbocycles. The van der Waals surface area contributed by atoms with Crippen LogP contribution in [0.1, 0.15) is 11.1 Å². The molecule has 3 N–H and O–H groups in total. The quantitative estimate of drug-likeness (QED) is 0.832. The number of aryl methyl sites for hydroxylation is 1. The first-order valence-electron chi connectivity index (χ1n) is 5.95. The third-order valence-electron chi connectivity index (χ3n) is 2.71. The molecule has 3 nitrogen and oxygen atoms in total. The van der Waals surface area contributed by atoms with Crippen LogP contribution in [-0.2, 0) is 11.2 Å². The molecule has 2 rings (SSSR count). The lowest BCUT2D eigenvalue weighted by Crippen LogP contribution is -2.15. The fraction of sp³-hybridized carbons (Fsp3) is 0.133. The van der Waals surface area contributed by atoms with Crippen molar-refractivity contribution >= 4 is 17.3 Å². The van der Waals surface area contributed by atoms with E-state index in [0.29, 0.717) is 5.69 Å². The highest BCUT2D eigenvalue weighted by atomic mass is 19.1. The van der Waals surface area contributed by atoms with Crippen LogP contribution in [0.3, 0.4) is 0 Å². The number of hydrogen-bond donors (Lipinski definition) is 2. The molecule has 0 unspecified atom stereocenters. The summed E-state index contributed by atoms with van der Waals surface area (Å²) in [7, 11) is 0. The first kappa shape index (κ1) is 13.1. The van der Waals surface area contributed by atoms with Gasteiger partial charge >= 0.3 is 0 Å². The first-order valence-corrected chi connectivity index (χ1v) is 5.95. The predicted octanol–water partition coefficient (Wildman–Crippen LogP) is 2.90. The topological polar surface area (TPSA) is 55.1 Å². The van der Waals surface area contributed by atoms with E-state index in [9.17, 15) is 9.18 Å². The zero-order chi connectivity index (χ0) is 13.8. The Kier molecular flexibility index (Phi) is 3.80. The maximum absolute atomic E-state index is 13.6. The number of carbonyl (C=O) groups is 1. The van der Waals surface area contributed by atoms with Gasteiger partial charge in [-0.2, -0.15) is 0 Å². The van der Waals surface area contributed by atoms with E-state index >= 15 is 0 Å². The summed E-state index contributed by atoms with van der Waals surface area (Å²) in [6.07, 6.45) is 0.165. The van der Waals surface area contributed by atoms with Crippen LogP contribution >= 0.6 is 0 Å². The third kappa shape index (κ3) is 3.55. The van der Waals surface area contributed by atoms with E-state index in [4.69, 9.17) is 5.73 Å². The number of hydrogen-bond acceptors (Lipinski definition) is 2. The average molecular weight is 258 g/mol. The number of halogens is 1. The Morgan fingerprint density at radius 1 is 1.26 bits per heavy atom. The number of rotatable bonds is 3. The Hall–Kier alpha value is -2.36. The summed E-state index contributed by atoms with van der Waals surface area (Å²) in [6.45, 7) is 1.79. The number of benzene rings is 2. The van der Waals surface area contributed by atoms with Gasteiger partial charge in [-0.15, -0.1) is 0 Å². The van der Waals surface area contributed by atoms with E-state index in [0.717, 1.165) is 11.1 Å². The van der Waals surface area contributed by atoms with Gasteiger partial charge in [-0.05, 0) is 42.3 Å². The molecule has 1 amide bonds. The van der Waals surface area contributed by atoms with Crippen LogP contribution in [0.25, 0.3) is 0 Å². The number of nitrogens with two attached hydrogens (primary N) is 1. The monoisotopic (exact) mass is 258 g/mol. The van der Waals surface area contributed by atoms with Crippen LogP contribution in [0.5, 0.6) is 0 Å². The molecule has 2 aromatic carbocycles. The highest BCUT2D eigenvalue weighted by Crippen LogP contribution is 2.16. The second-order valence-electron chi connectivity index (χ2n) is 4.45. The summed E-state index contributed by atoms with van der Waals surface area (Å²) in [5, 5.41) is 2.55. The summed E-state index contributed by atoms with van der Waals surface area (Å²) in [5.41, 5.74) is 8.04. The van der Waals surface area contributed by atoms with Crippen molar-refractivity contribution in [3.63, 3.8) is 0 Å². The Balaban J connectivity index is 2.05. The Morgan fingerprint density at radius 3 is 2.74 bits per heavy atom. The van der Waals surface area contributed by atoms with Crippen molar-refractivity contribution in [3.8, 4) is 0 Å². The van der Waals surface area contributed by atoms with Crippen LogP contribution in [0.15, 0.2) is 42.5 Å². The Morgan fingerprint density at radius 2 is 2.05 bits per heavy atom. The molecule has 19 heavy (non-hydrogen) atoms. The van der Waals surface area contributed by atoms with E-state index in [1.807, 2.05) is 0 Å². The Labute approximate surface area is 111 Å². The lowest BCUT2D eigenvalue weighted by Gasteiger charge is -2.07. The van der Waals surface area contributed by atoms with Crippen molar-refractivity contribution in [2.75, 3.05) is 11.1 Å². The van der Waals surface area contributed by atoms with Crippen molar-refractivity contribution in [2.24, 2.45) is 0 Å². The van der Waals surface area contributed by atoms with Gasteiger partial charge < -0.3 is 11.1 Å². The molecular weight excluding hydrogens is 243 g/mol. The van der Waals surface area contributed by atoms with Gasteiger partial charge in [0, 0.05) is 5.69 Å². The van der Waals surface area contributed by atoms with E-state index in [1.54, 1.807) is 43.3 Å². The summed E-state index contributed by atoms with van der Waals surface area (Å²) in [6, 6.07) is 11.8. The zero-order valence-electron chi connectivity index (χ0n) is 10.6.